The van der Waals surface area contributed by atoms with Gasteiger partial charge in [-0.05, 0) is 72.3 Å². The number of carbonyl (C=O) groups excluding carboxylic acids is 1. The second-order valence-corrected chi connectivity index (χ2v) is 7.34. The number of nitro benzene ring substituents is 1. The number of carbonyl (C=O) groups is 1. The lowest BCUT2D eigenvalue weighted by Crippen LogP contribution is -2.14. The van der Waals surface area contributed by atoms with Gasteiger partial charge < -0.3 is 14.8 Å². The summed E-state index contributed by atoms with van der Waals surface area (Å²) >= 11 is 7.86. The van der Waals surface area contributed by atoms with Gasteiger partial charge in [0.05, 0.1) is 21.7 Å². The minimum atomic E-state index is -0.787. The van der Waals surface area contributed by atoms with E-state index >= 15 is 0 Å². The topological polar surface area (TPSA) is 114 Å². The molecule has 0 aromatic heterocycles. The third-order valence-corrected chi connectivity index (χ3v) is 4.74. The van der Waals surface area contributed by atoms with Crippen molar-refractivity contribution in [2.45, 2.75) is 13.8 Å². The number of amides is 1. The van der Waals surface area contributed by atoms with E-state index in [2.05, 4.69) is 27.9 Å². The van der Waals surface area contributed by atoms with Gasteiger partial charge in [0, 0.05) is 11.1 Å². The molecular weight excluding hydrogens is 525 g/mol. The van der Waals surface area contributed by atoms with E-state index in [1.54, 1.807) is 12.1 Å². The molecular formula is C20H17ClIN3O5. The molecule has 0 atom stereocenters. The maximum absolute atomic E-state index is 12.6. The molecule has 0 saturated heterocycles. The molecule has 0 unspecified atom stereocenters. The van der Waals surface area contributed by atoms with Gasteiger partial charge in [-0.15, -0.1) is 0 Å². The Morgan fingerprint density at radius 1 is 1.30 bits per heavy atom. The van der Waals surface area contributed by atoms with E-state index in [1.165, 1.54) is 18.2 Å². The normalized spacial score (nSPS) is 10.8. The second kappa shape index (κ2) is 10.8. The average molecular weight is 542 g/mol. The summed E-state index contributed by atoms with van der Waals surface area (Å²) in [5, 5.41) is 23.2. The molecule has 1 N–H and O–H groups in total. The minimum Gasteiger partial charge on any atom is -0.490 e. The van der Waals surface area contributed by atoms with Crippen molar-refractivity contribution < 1.29 is 19.2 Å². The van der Waals surface area contributed by atoms with E-state index in [0.29, 0.717) is 30.3 Å². The predicted octanol–water partition coefficient (Wildman–Crippen LogP) is 5.20. The fraction of sp³-hybridized carbons (Fsp3) is 0.200. The van der Waals surface area contributed by atoms with E-state index in [0.717, 1.165) is 9.64 Å². The fourth-order valence-electron chi connectivity index (χ4n) is 2.49. The summed E-state index contributed by atoms with van der Waals surface area (Å²) in [6.45, 7) is 4.55. The van der Waals surface area contributed by atoms with E-state index in [4.69, 9.17) is 21.1 Å². The zero-order valence-electron chi connectivity index (χ0n) is 16.1. The lowest BCUT2D eigenvalue weighted by atomic mass is 10.1. The van der Waals surface area contributed by atoms with Crippen LogP contribution in [0.25, 0.3) is 6.08 Å². The van der Waals surface area contributed by atoms with Crippen molar-refractivity contribution in [2.24, 2.45) is 0 Å². The Morgan fingerprint density at radius 3 is 2.60 bits per heavy atom. The first kappa shape index (κ1) is 23.4. The van der Waals surface area contributed by atoms with E-state index in [-0.39, 0.29) is 22.0 Å². The van der Waals surface area contributed by atoms with Crippen LogP contribution in [0.1, 0.15) is 19.4 Å². The highest BCUT2D eigenvalue weighted by Gasteiger charge is 2.19. The van der Waals surface area contributed by atoms with Gasteiger partial charge in [0.1, 0.15) is 17.3 Å². The smallest absolute Gasteiger partial charge is 0.294 e. The van der Waals surface area contributed by atoms with Crippen LogP contribution in [-0.2, 0) is 4.79 Å². The van der Waals surface area contributed by atoms with E-state index < -0.39 is 10.8 Å². The Hall–Kier alpha value is -2.84. The third-order valence-electron chi connectivity index (χ3n) is 3.70. The molecule has 0 fully saturated rings. The number of hydrogen-bond acceptors (Lipinski definition) is 6. The zero-order valence-corrected chi connectivity index (χ0v) is 19.0. The third kappa shape index (κ3) is 5.84. The number of halogens is 2. The standard InChI is InChI=1S/C20H17ClIN3O5/c1-3-29-18-9-12(8-15(22)19(18)30-4-2)7-13(11-23)20(26)24-16-6-5-14(21)10-17(16)25(27)28/h5-10H,3-4H2,1-2H3,(H,24,26)/b13-7-. The van der Waals surface area contributed by atoms with Gasteiger partial charge in [-0.3, -0.25) is 14.9 Å². The molecule has 0 radical (unpaired) electrons. The molecule has 156 valence electrons. The molecule has 0 aliphatic heterocycles. The van der Waals surface area contributed by atoms with Gasteiger partial charge in [-0.1, -0.05) is 11.6 Å². The molecule has 2 rings (SSSR count). The quantitative estimate of drug-likeness (QED) is 0.162. The van der Waals surface area contributed by atoms with Crippen LogP contribution in [0.2, 0.25) is 5.02 Å². The maximum atomic E-state index is 12.6. The van der Waals surface area contributed by atoms with Gasteiger partial charge in [0.2, 0.25) is 0 Å². The van der Waals surface area contributed by atoms with Crippen LogP contribution in [0.3, 0.4) is 0 Å². The Labute approximate surface area is 191 Å². The number of nitrogens with one attached hydrogen (secondary N) is 1. The van der Waals surface area contributed by atoms with Crippen LogP contribution >= 0.6 is 34.2 Å². The van der Waals surface area contributed by atoms with Gasteiger partial charge in [-0.25, -0.2) is 0 Å². The zero-order chi connectivity index (χ0) is 22.3. The highest BCUT2D eigenvalue weighted by molar-refractivity contribution is 14.1. The van der Waals surface area contributed by atoms with Crippen molar-refractivity contribution >= 4 is 57.5 Å². The van der Waals surface area contributed by atoms with Crippen molar-refractivity contribution in [3.05, 3.63) is 60.2 Å². The highest BCUT2D eigenvalue weighted by Crippen LogP contribution is 2.35. The first-order valence-electron chi connectivity index (χ1n) is 8.76. The van der Waals surface area contributed by atoms with Crippen LogP contribution in [0.15, 0.2) is 35.9 Å². The summed E-state index contributed by atoms with van der Waals surface area (Å²) in [4.78, 5) is 23.1. The summed E-state index contributed by atoms with van der Waals surface area (Å²) in [5.74, 6) is 0.283. The fourth-order valence-corrected chi connectivity index (χ4v) is 3.43. The Balaban J connectivity index is 2.39. The van der Waals surface area contributed by atoms with Crippen molar-refractivity contribution in [3.63, 3.8) is 0 Å². The lowest BCUT2D eigenvalue weighted by molar-refractivity contribution is -0.383. The monoisotopic (exact) mass is 541 g/mol. The SMILES string of the molecule is CCOc1cc(/C=C(/C#N)C(=O)Nc2ccc(Cl)cc2[N+](=O)[O-])cc(I)c1OCC. The van der Waals surface area contributed by atoms with Crippen LogP contribution in [0.5, 0.6) is 11.5 Å². The number of nitro groups is 1. The van der Waals surface area contributed by atoms with Crippen molar-refractivity contribution in [2.75, 3.05) is 18.5 Å². The largest absolute Gasteiger partial charge is 0.490 e. The van der Waals surface area contributed by atoms with Gasteiger partial charge >= 0.3 is 0 Å². The summed E-state index contributed by atoms with van der Waals surface area (Å²) in [6, 6.07) is 9.05. The molecule has 0 bridgehead atoms. The van der Waals surface area contributed by atoms with E-state index in [9.17, 15) is 20.2 Å². The van der Waals surface area contributed by atoms with Crippen LogP contribution in [0, 0.1) is 25.0 Å². The highest BCUT2D eigenvalue weighted by atomic mass is 127. The Morgan fingerprint density at radius 2 is 2.00 bits per heavy atom. The van der Waals surface area contributed by atoms with Crippen molar-refractivity contribution in [3.8, 4) is 17.6 Å². The molecule has 1 amide bonds. The number of nitriles is 1. The number of benzene rings is 2. The Bertz CT molecular complexity index is 1050. The van der Waals surface area contributed by atoms with Crippen LogP contribution < -0.4 is 14.8 Å². The average Bonchev–Trinajstić information content (AvgIpc) is 2.70. The van der Waals surface area contributed by atoms with Crippen LogP contribution in [0.4, 0.5) is 11.4 Å². The Kier molecular flexibility index (Phi) is 8.44. The van der Waals surface area contributed by atoms with Gasteiger partial charge in [-0.2, -0.15) is 5.26 Å². The molecule has 0 aliphatic carbocycles. The molecule has 8 nitrogen and oxygen atoms in total. The summed E-state index contributed by atoms with van der Waals surface area (Å²) in [7, 11) is 0. The maximum Gasteiger partial charge on any atom is 0.294 e. The summed E-state index contributed by atoms with van der Waals surface area (Å²) in [5.41, 5.74) is -0.125. The van der Waals surface area contributed by atoms with E-state index in [1.807, 2.05) is 19.9 Å². The minimum absolute atomic E-state index is 0.0631. The number of ether oxygens (including phenoxy) is 2. The van der Waals surface area contributed by atoms with Crippen LogP contribution in [-0.4, -0.2) is 24.0 Å². The summed E-state index contributed by atoms with van der Waals surface area (Å²) < 4.78 is 12.0. The molecule has 2 aromatic rings. The summed E-state index contributed by atoms with van der Waals surface area (Å²) in [6.07, 6.45) is 1.37. The number of hydrogen-bond donors (Lipinski definition) is 1. The first-order valence-corrected chi connectivity index (χ1v) is 10.2. The molecule has 0 saturated carbocycles. The van der Waals surface area contributed by atoms with Gasteiger partial charge in [0.15, 0.2) is 11.5 Å². The van der Waals surface area contributed by atoms with Crippen molar-refractivity contribution in [1.82, 2.24) is 0 Å². The lowest BCUT2D eigenvalue weighted by Gasteiger charge is -2.13. The molecule has 2 aromatic carbocycles. The number of rotatable bonds is 8. The molecule has 0 spiro atoms. The number of nitrogens with zero attached hydrogens (tertiary/aromatic N) is 2. The first-order chi connectivity index (χ1) is 14.3. The molecule has 0 aliphatic rings. The molecule has 10 heteroatoms. The predicted molar refractivity (Wildman–Crippen MR) is 122 cm³/mol. The van der Waals surface area contributed by atoms with Gasteiger partial charge in [0.25, 0.3) is 11.6 Å². The molecule has 0 heterocycles. The van der Waals surface area contributed by atoms with Crippen molar-refractivity contribution in [1.29, 1.82) is 5.26 Å². The second-order valence-electron chi connectivity index (χ2n) is 5.74. The number of anilines is 1. The molecule has 30 heavy (non-hydrogen) atoms.